The van der Waals surface area contributed by atoms with Crippen molar-refractivity contribution >= 4 is 31.6 Å². The Morgan fingerprint density at radius 1 is 1.10 bits per heavy atom. The lowest BCUT2D eigenvalue weighted by atomic mass is 10.1. The molecule has 0 fully saturated rings. The third-order valence-corrected chi connectivity index (χ3v) is 5.26. The molecule has 1 atom stereocenters. The van der Waals surface area contributed by atoms with Crippen LogP contribution in [0.2, 0.25) is 0 Å². The molecule has 2 rings (SSSR count). The van der Waals surface area contributed by atoms with Gasteiger partial charge in [-0.05, 0) is 53.7 Å². The first kappa shape index (κ1) is 16.0. The summed E-state index contributed by atoms with van der Waals surface area (Å²) in [6, 6.07) is 15.1. The van der Waals surface area contributed by atoms with E-state index in [9.17, 15) is 8.42 Å². The molecule has 2 aromatic rings. The van der Waals surface area contributed by atoms with Crippen LogP contribution in [-0.2, 0) is 10.0 Å². The normalized spacial score (nSPS) is 12.9. The Balaban J connectivity index is 2.23. The van der Waals surface area contributed by atoms with Gasteiger partial charge in [0.2, 0.25) is 10.0 Å². The van der Waals surface area contributed by atoms with E-state index in [-0.39, 0.29) is 10.9 Å². The van der Waals surface area contributed by atoms with Gasteiger partial charge >= 0.3 is 0 Å². The minimum atomic E-state index is -3.43. The van der Waals surface area contributed by atoms with Gasteiger partial charge in [-0.2, -0.15) is 0 Å². The summed E-state index contributed by atoms with van der Waals surface area (Å²) < 4.78 is 26.5. The van der Waals surface area contributed by atoms with Gasteiger partial charge in [0.25, 0.3) is 0 Å². The molecule has 0 aromatic heterocycles. The van der Waals surface area contributed by atoms with Gasteiger partial charge in [0.15, 0.2) is 0 Å². The van der Waals surface area contributed by atoms with E-state index < -0.39 is 10.0 Å². The lowest BCUT2D eigenvalue weighted by Crippen LogP contribution is -2.18. The monoisotopic (exact) mass is 368 g/mol. The van der Waals surface area contributed by atoms with Crippen molar-refractivity contribution in [2.24, 2.45) is 0 Å². The number of rotatable bonds is 5. The van der Waals surface area contributed by atoms with Gasteiger partial charge in [-0.25, -0.2) is 13.1 Å². The lowest BCUT2D eigenvalue weighted by Gasteiger charge is -2.17. The maximum Gasteiger partial charge on any atom is 0.240 e. The fraction of sp³-hybridized carbons (Fsp3) is 0.200. The smallest absolute Gasteiger partial charge is 0.240 e. The molecule has 0 heterocycles. The van der Waals surface area contributed by atoms with E-state index in [0.29, 0.717) is 4.47 Å². The standard InChI is InChI=1S/C15H17BrN2O2S/c1-11(12-6-4-3-5-7-12)18-15-9-8-13(10-14(15)16)21(19,20)17-2/h3-11,17-18H,1-2H3/t11-/m1/s1. The second-order valence-electron chi connectivity index (χ2n) is 4.63. The minimum absolute atomic E-state index is 0.120. The van der Waals surface area contributed by atoms with Crippen LogP contribution in [0, 0.1) is 0 Å². The maximum absolute atomic E-state index is 11.8. The molecule has 2 aromatic carbocycles. The largest absolute Gasteiger partial charge is 0.378 e. The molecule has 0 amide bonds. The van der Waals surface area contributed by atoms with E-state index in [1.807, 2.05) is 30.3 Å². The summed E-state index contributed by atoms with van der Waals surface area (Å²) in [5.41, 5.74) is 2.01. The molecule has 0 aliphatic rings. The van der Waals surface area contributed by atoms with Crippen LogP contribution in [0.25, 0.3) is 0 Å². The van der Waals surface area contributed by atoms with Crippen LogP contribution in [0.1, 0.15) is 18.5 Å². The van der Waals surface area contributed by atoms with E-state index >= 15 is 0 Å². The Bertz CT molecular complexity index is 718. The van der Waals surface area contributed by atoms with Gasteiger partial charge in [-0.15, -0.1) is 0 Å². The minimum Gasteiger partial charge on any atom is -0.378 e. The molecule has 0 unspecified atom stereocenters. The zero-order chi connectivity index (χ0) is 15.5. The van der Waals surface area contributed by atoms with Gasteiger partial charge in [-0.3, -0.25) is 0 Å². The van der Waals surface area contributed by atoms with E-state index in [1.54, 1.807) is 18.2 Å². The van der Waals surface area contributed by atoms with Crippen molar-refractivity contribution in [1.82, 2.24) is 4.72 Å². The molecule has 0 saturated heterocycles. The molecule has 0 aliphatic heterocycles. The number of nitrogens with one attached hydrogen (secondary N) is 2. The second kappa shape index (κ2) is 6.60. The summed E-state index contributed by atoms with van der Waals surface area (Å²) in [6.45, 7) is 2.06. The summed E-state index contributed by atoms with van der Waals surface area (Å²) >= 11 is 3.42. The van der Waals surface area contributed by atoms with Crippen molar-refractivity contribution in [3.63, 3.8) is 0 Å². The van der Waals surface area contributed by atoms with Crippen molar-refractivity contribution in [3.8, 4) is 0 Å². The highest BCUT2D eigenvalue weighted by Crippen LogP contribution is 2.28. The number of hydrogen-bond donors (Lipinski definition) is 2. The summed E-state index contributed by atoms with van der Waals surface area (Å²) in [5.74, 6) is 0. The SMILES string of the molecule is CNS(=O)(=O)c1ccc(N[C@H](C)c2ccccc2)c(Br)c1. The number of sulfonamides is 1. The topological polar surface area (TPSA) is 58.2 Å². The van der Waals surface area contributed by atoms with Crippen LogP contribution in [0.4, 0.5) is 5.69 Å². The van der Waals surface area contributed by atoms with Crippen LogP contribution in [0.5, 0.6) is 0 Å². The van der Waals surface area contributed by atoms with Gasteiger partial charge in [0.1, 0.15) is 0 Å². The number of benzene rings is 2. The van der Waals surface area contributed by atoms with Crippen molar-refractivity contribution in [2.45, 2.75) is 17.9 Å². The molecule has 6 heteroatoms. The summed E-state index contributed by atoms with van der Waals surface area (Å²) in [6.07, 6.45) is 0. The van der Waals surface area contributed by atoms with E-state index in [1.165, 1.54) is 7.05 Å². The predicted octanol–water partition coefficient (Wildman–Crippen LogP) is 3.53. The van der Waals surface area contributed by atoms with Crippen LogP contribution in [0.15, 0.2) is 57.9 Å². The zero-order valence-corrected chi connectivity index (χ0v) is 14.2. The molecule has 2 N–H and O–H groups in total. The molecule has 0 radical (unpaired) electrons. The molecule has 0 aliphatic carbocycles. The summed E-state index contributed by atoms with van der Waals surface area (Å²) in [7, 11) is -2.03. The average Bonchev–Trinajstić information content (AvgIpc) is 2.50. The Labute approximate surface area is 133 Å². The number of hydrogen-bond acceptors (Lipinski definition) is 3. The lowest BCUT2D eigenvalue weighted by molar-refractivity contribution is 0.588. The first-order valence-electron chi connectivity index (χ1n) is 6.48. The highest BCUT2D eigenvalue weighted by Gasteiger charge is 2.14. The summed E-state index contributed by atoms with van der Waals surface area (Å²) in [4.78, 5) is 0.231. The Kier molecular flexibility index (Phi) is 5.03. The highest BCUT2D eigenvalue weighted by molar-refractivity contribution is 9.10. The van der Waals surface area contributed by atoms with Gasteiger partial charge < -0.3 is 5.32 Å². The fourth-order valence-corrected chi connectivity index (χ4v) is 3.36. The van der Waals surface area contributed by atoms with Crippen LogP contribution >= 0.6 is 15.9 Å². The zero-order valence-electron chi connectivity index (χ0n) is 11.8. The molecule has 4 nitrogen and oxygen atoms in total. The second-order valence-corrected chi connectivity index (χ2v) is 7.37. The fourth-order valence-electron chi connectivity index (χ4n) is 1.96. The molecular formula is C15H17BrN2O2S. The third-order valence-electron chi connectivity index (χ3n) is 3.19. The molecular weight excluding hydrogens is 352 g/mol. The Hall–Kier alpha value is -1.37. The average molecular weight is 369 g/mol. The van der Waals surface area contributed by atoms with Crippen molar-refractivity contribution in [1.29, 1.82) is 0 Å². The highest BCUT2D eigenvalue weighted by atomic mass is 79.9. The van der Waals surface area contributed by atoms with Crippen LogP contribution in [0.3, 0.4) is 0 Å². The number of halogens is 1. The van der Waals surface area contributed by atoms with Crippen molar-refractivity contribution in [3.05, 3.63) is 58.6 Å². The van der Waals surface area contributed by atoms with Crippen molar-refractivity contribution in [2.75, 3.05) is 12.4 Å². The first-order valence-corrected chi connectivity index (χ1v) is 8.76. The van der Waals surface area contributed by atoms with E-state index in [4.69, 9.17) is 0 Å². The molecule has 0 saturated carbocycles. The van der Waals surface area contributed by atoms with Gasteiger partial charge in [-0.1, -0.05) is 30.3 Å². The molecule has 21 heavy (non-hydrogen) atoms. The first-order chi connectivity index (χ1) is 9.94. The van der Waals surface area contributed by atoms with Crippen molar-refractivity contribution < 1.29 is 8.42 Å². The Morgan fingerprint density at radius 2 is 1.76 bits per heavy atom. The van der Waals surface area contributed by atoms with Gasteiger partial charge in [0, 0.05) is 16.2 Å². The Morgan fingerprint density at radius 3 is 2.33 bits per heavy atom. The molecule has 112 valence electrons. The van der Waals surface area contributed by atoms with Crippen LogP contribution in [-0.4, -0.2) is 15.5 Å². The molecule has 0 spiro atoms. The molecule has 0 bridgehead atoms. The third kappa shape index (κ3) is 3.84. The summed E-state index contributed by atoms with van der Waals surface area (Å²) in [5, 5.41) is 3.36. The predicted molar refractivity (Wildman–Crippen MR) is 88.9 cm³/mol. The van der Waals surface area contributed by atoms with Gasteiger partial charge in [0.05, 0.1) is 4.90 Å². The van der Waals surface area contributed by atoms with E-state index in [2.05, 4.69) is 32.9 Å². The quantitative estimate of drug-likeness (QED) is 0.848. The number of anilines is 1. The van der Waals surface area contributed by atoms with E-state index in [0.717, 1.165) is 11.3 Å². The van der Waals surface area contributed by atoms with Crippen LogP contribution < -0.4 is 10.0 Å². The maximum atomic E-state index is 11.8.